The van der Waals surface area contributed by atoms with Gasteiger partial charge in [-0.15, -0.1) is 0 Å². The van der Waals surface area contributed by atoms with Gasteiger partial charge in [0.2, 0.25) is 0 Å². The largest absolute Gasteiger partial charge is 0.490 e. The maximum Gasteiger partial charge on any atom is 0.490 e. The van der Waals surface area contributed by atoms with Crippen LogP contribution >= 0.6 is 0 Å². The van der Waals surface area contributed by atoms with Crippen LogP contribution in [0.3, 0.4) is 0 Å². The Morgan fingerprint density at radius 1 is 1.16 bits per heavy atom. The Morgan fingerprint density at radius 2 is 1.87 bits per heavy atom. The van der Waals surface area contributed by atoms with Gasteiger partial charge in [0, 0.05) is 44.5 Å². The van der Waals surface area contributed by atoms with Crippen LogP contribution in [0.15, 0.2) is 24.4 Å². The summed E-state index contributed by atoms with van der Waals surface area (Å²) in [7, 11) is 0. The molecule has 1 saturated carbocycles. The summed E-state index contributed by atoms with van der Waals surface area (Å²) in [4.78, 5) is 35.6. The van der Waals surface area contributed by atoms with Gasteiger partial charge in [-0.3, -0.25) is 14.7 Å². The first-order valence-corrected chi connectivity index (χ1v) is 9.72. The molecule has 0 aromatic carbocycles. The molecule has 4 rings (SSSR count). The zero-order valence-electron chi connectivity index (χ0n) is 16.5. The van der Waals surface area contributed by atoms with Crippen molar-refractivity contribution in [1.82, 2.24) is 25.0 Å². The van der Waals surface area contributed by atoms with E-state index in [4.69, 9.17) is 9.90 Å². The van der Waals surface area contributed by atoms with E-state index in [0.717, 1.165) is 18.7 Å². The number of alkyl halides is 3. The Kier molecular flexibility index (Phi) is 6.66. The van der Waals surface area contributed by atoms with Gasteiger partial charge in [0.15, 0.2) is 0 Å². The predicted octanol–water partition coefficient (Wildman–Crippen LogP) is 1.68. The third kappa shape index (κ3) is 5.86. The standard InChI is InChI=1S/C17H21N5O2.C2HF3O2/c23-16(18-11-12-1-2-12)15-4-3-13-6-8-21(9-10-22(13)15)17(24)14-5-7-19-20-14;3-2(4,5)1(6)7/h3-5,7,12H,1-2,6,8-11H2,(H,18,23)(H,19,20);(H,6,7). The number of fused-ring (bicyclic) bond motifs is 1. The van der Waals surface area contributed by atoms with E-state index in [0.29, 0.717) is 36.9 Å². The number of rotatable bonds is 4. The van der Waals surface area contributed by atoms with Crippen LogP contribution in [0.25, 0.3) is 0 Å². The molecule has 12 heteroatoms. The molecule has 1 fully saturated rings. The lowest BCUT2D eigenvalue weighted by Crippen LogP contribution is -2.34. The van der Waals surface area contributed by atoms with Crippen molar-refractivity contribution >= 4 is 17.8 Å². The first-order valence-electron chi connectivity index (χ1n) is 9.72. The van der Waals surface area contributed by atoms with Crippen molar-refractivity contribution in [2.75, 3.05) is 19.6 Å². The summed E-state index contributed by atoms with van der Waals surface area (Å²) in [6.45, 7) is 2.63. The number of nitrogens with one attached hydrogen (secondary N) is 2. The first-order chi connectivity index (χ1) is 14.7. The van der Waals surface area contributed by atoms with Crippen LogP contribution < -0.4 is 5.32 Å². The summed E-state index contributed by atoms with van der Waals surface area (Å²) < 4.78 is 33.8. The molecule has 2 aromatic heterocycles. The molecule has 3 heterocycles. The molecule has 1 aliphatic heterocycles. The molecule has 168 valence electrons. The fourth-order valence-electron chi connectivity index (χ4n) is 3.17. The molecule has 1 aliphatic carbocycles. The highest BCUT2D eigenvalue weighted by Gasteiger charge is 2.38. The average molecular weight is 441 g/mol. The topological polar surface area (TPSA) is 120 Å². The number of carboxylic acid groups (broad SMARTS) is 1. The van der Waals surface area contributed by atoms with Gasteiger partial charge in [0.25, 0.3) is 11.8 Å². The molecule has 31 heavy (non-hydrogen) atoms. The molecule has 0 saturated heterocycles. The number of aromatic nitrogens is 3. The Balaban J connectivity index is 0.000000339. The molecule has 3 N–H and O–H groups in total. The van der Waals surface area contributed by atoms with Crippen LogP contribution in [-0.4, -0.2) is 68.4 Å². The number of carbonyl (C=O) groups is 3. The quantitative estimate of drug-likeness (QED) is 0.667. The normalized spacial score (nSPS) is 15.9. The van der Waals surface area contributed by atoms with Gasteiger partial charge in [0.1, 0.15) is 11.4 Å². The van der Waals surface area contributed by atoms with Gasteiger partial charge >= 0.3 is 12.1 Å². The first kappa shape index (κ1) is 22.4. The Bertz CT molecular complexity index is 935. The summed E-state index contributed by atoms with van der Waals surface area (Å²) >= 11 is 0. The van der Waals surface area contributed by atoms with Crippen molar-refractivity contribution in [3.05, 3.63) is 41.5 Å². The predicted molar refractivity (Wildman–Crippen MR) is 101 cm³/mol. The van der Waals surface area contributed by atoms with Crippen molar-refractivity contribution in [3.63, 3.8) is 0 Å². The van der Waals surface area contributed by atoms with Gasteiger partial charge in [0.05, 0.1) is 0 Å². The summed E-state index contributed by atoms with van der Waals surface area (Å²) in [6.07, 6.45) is -0.318. The van der Waals surface area contributed by atoms with Gasteiger partial charge < -0.3 is 19.9 Å². The SMILES string of the molecule is O=C(NCC1CC1)c1ccc2n1CCN(C(=O)c1ccn[nH]1)CC2.O=C(O)C(F)(F)F. The van der Waals surface area contributed by atoms with Crippen molar-refractivity contribution < 1.29 is 32.7 Å². The third-order valence-electron chi connectivity index (χ3n) is 5.04. The van der Waals surface area contributed by atoms with Crippen LogP contribution in [0, 0.1) is 5.92 Å². The minimum atomic E-state index is -5.08. The van der Waals surface area contributed by atoms with E-state index in [2.05, 4.69) is 15.5 Å². The molecular weight excluding hydrogens is 419 g/mol. The summed E-state index contributed by atoms with van der Waals surface area (Å²) in [5.74, 6) is -2.15. The zero-order valence-corrected chi connectivity index (χ0v) is 16.5. The van der Waals surface area contributed by atoms with Gasteiger partial charge in [-0.25, -0.2) is 4.79 Å². The lowest BCUT2D eigenvalue weighted by Gasteiger charge is -2.19. The lowest BCUT2D eigenvalue weighted by atomic mass is 10.3. The van der Waals surface area contributed by atoms with Crippen LogP contribution in [0.2, 0.25) is 0 Å². The number of hydrogen-bond donors (Lipinski definition) is 3. The van der Waals surface area contributed by atoms with Crippen LogP contribution in [-0.2, 0) is 17.8 Å². The molecular formula is C19H22F3N5O4. The molecule has 0 atom stereocenters. The molecule has 2 aromatic rings. The van der Waals surface area contributed by atoms with Crippen molar-refractivity contribution in [1.29, 1.82) is 0 Å². The average Bonchev–Trinajstić information content (AvgIpc) is 3.29. The second-order valence-corrected chi connectivity index (χ2v) is 7.33. The summed E-state index contributed by atoms with van der Waals surface area (Å²) in [6, 6.07) is 5.57. The molecule has 0 unspecified atom stereocenters. The Hall–Kier alpha value is -3.31. The molecule has 0 radical (unpaired) electrons. The Labute approximate surface area is 175 Å². The molecule has 0 spiro atoms. The second-order valence-electron chi connectivity index (χ2n) is 7.33. The lowest BCUT2D eigenvalue weighted by molar-refractivity contribution is -0.192. The molecule has 2 aliphatic rings. The van der Waals surface area contributed by atoms with Crippen LogP contribution in [0.4, 0.5) is 13.2 Å². The Morgan fingerprint density at radius 3 is 2.45 bits per heavy atom. The number of hydrogen-bond acceptors (Lipinski definition) is 4. The molecule has 0 bridgehead atoms. The van der Waals surface area contributed by atoms with Crippen molar-refractivity contribution in [2.24, 2.45) is 5.92 Å². The van der Waals surface area contributed by atoms with E-state index in [9.17, 15) is 22.8 Å². The van der Waals surface area contributed by atoms with E-state index in [1.54, 1.807) is 12.3 Å². The minimum Gasteiger partial charge on any atom is -0.475 e. The highest BCUT2D eigenvalue weighted by atomic mass is 19.4. The van der Waals surface area contributed by atoms with Gasteiger partial charge in [-0.1, -0.05) is 0 Å². The number of carboxylic acids is 1. The van der Waals surface area contributed by atoms with E-state index in [-0.39, 0.29) is 11.8 Å². The van der Waals surface area contributed by atoms with Gasteiger partial charge in [-0.2, -0.15) is 18.3 Å². The third-order valence-corrected chi connectivity index (χ3v) is 5.04. The summed E-state index contributed by atoms with van der Waals surface area (Å²) in [5.41, 5.74) is 2.30. The van der Waals surface area contributed by atoms with E-state index in [1.807, 2.05) is 21.6 Å². The maximum absolute atomic E-state index is 12.5. The number of H-pyrrole nitrogens is 1. The van der Waals surface area contributed by atoms with Crippen molar-refractivity contribution in [2.45, 2.75) is 32.0 Å². The minimum absolute atomic E-state index is 0.0125. The van der Waals surface area contributed by atoms with Crippen LogP contribution in [0.1, 0.15) is 39.5 Å². The fraction of sp³-hybridized carbons (Fsp3) is 0.474. The maximum atomic E-state index is 12.5. The number of nitrogens with zero attached hydrogens (tertiary/aromatic N) is 3. The number of carbonyl (C=O) groups excluding carboxylic acids is 2. The number of aliphatic carboxylic acids is 1. The van der Waals surface area contributed by atoms with Crippen molar-refractivity contribution in [3.8, 4) is 0 Å². The number of amides is 2. The van der Waals surface area contributed by atoms with E-state index >= 15 is 0 Å². The summed E-state index contributed by atoms with van der Waals surface area (Å²) in [5, 5.41) is 16.7. The highest BCUT2D eigenvalue weighted by Crippen LogP contribution is 2.27. The smallest absolute Gasteiger partial charge is 0.475 e. The monoisotopic (exact) mass is 441 g/mol. The van der Waals surface area contributed by atoms with Crippen LogP contribution in [0.5, 0.6) is 0 Å². The van der Waals surface area contributed by atoms with E-state index in [1.165, 1.54) is 12.8 Å². The number of halogens is 3. The zero-order chi connectivity index (χ0) is 22.6. The second kappa shape index (κ2) is 9.23. The van der Waals surface area contributed by atoms with E-state index < -0.39 is 12.1 Å². The number of aromatic amines is 1. The highest BCUT2D eigenvalue weighted by molar-refractivity contribution is 5.93. The van der Waals surface area contributed by atoms with Gasteiger partial charge in [-0.05, 0) is 37.0 Å². The molecule has 9 nitrogen and oxygen atoms in total. The molecule has 2 amide bonds. The fourth-order valence-corrected chi connectivity index (χ4v) is 3.17.